The molecule has 3 aromatic rings. The van der Waals surface area contributed by atoms with Crippen molar-refractivity contribution in [3.8, 4) is 17.1 Å². The van der Waals surface area contributed by atoms with Crippen LogP contribution in [-0.2, 0) is 6.54 Å². The van der Waals surface area contributed by atoms with Gasteiger partial charge in [-0.25, -0.2) is 4.79 Å². The van der Waals surface area contributed by atoms with Gasteiger partial charge in [0.05, 0.1) is 7.11 Å². The van der Waals surface area contributed by atoms with E-state index in [1.54, 1.807) is 24.4 Å². The number of aromatic nitrogens is 3. The molecule has 1 aliphatic rings. The number of pyridine rings is 1. The molecule has 0 radical (unpaired) electrons. The molecule has 0 aliphatic carbocycles. The average molecular weight is 393 g/mol. The maximum absolute atomic E-state index is 12.9. The summed E-state index contributed by atoms with van der Waals surface area (Å²) in [5.41, 5.74) is 1.81. The number of piperidine rings is 1. The molecule has 150 valence electrons. The van der Waals surface area contributed by atoms with Gasteiger partial charge in [-0.3, -0.25) is 4.98 Å². The van der Waals surface area contributed by atoms with Gasteiger partial charge in [-0.15, -0.1) is 0 Å². The lowest BCUT2D eigenvalue weighted by Gasteiger charge is -2.33. The van der Waals surface area contributed by atoms with Gasteiger partial charge in [-0.05, 0) is 49.1 Å². The summed E-state index contributed by atoms with van der Waals surface area (Å²) in [6.07, 6.45) is 6.13. The number of hydrogen-bond donors (Lipinski definition) is 1. The quantitative estimate of drug-likeness (QED) is 0.712. The van der Waals surface area contributed by atoms with E-state index in [1.807, 2.05) is 36.4 Å². The van der Waals surface area contributed by atoms with E-state index in [4.69, 9.17) is 9.26 Å². The number of urea groups is 1. The van der Waals surface area contributed by atoms with E-state index in [0.29, 0.717) is 24.8 Å². The summed E-state index contributed by atoms with van der Waals surface area (Å²) in [7, 11) is 1.63. The van der Waals surface area contributed by atoms with E-state index in [9.17, 15) is 4.79 Å². The van der Waals surface area contributed by atoms with Crippen molar-refractivity contribution in [2.24, 2.45) is 0 Å². The Morgan fingerprint density at radius 1 is 1.28 bits per heavy atom. The second-order valence-corrected chi connectivity index (χ2v) is 6.91. The monoisotopic (exact) mass is 393 g/mol. The van der Waals surface area contributed by atoms with Gasteiger partial charge in [0.2, 0.25) is 11.7 Å². The lowest BCUT2D eigenvalue weighted by molar-refractivity contribution is 0.131. The number of ether oxygens (including phenoxy) is 1. The minimum atomic E-state index is -0.225. The molecule has 2 amide bonds. The highest BCUT2D eigenvalue weighted by Gasteiger charge is 2.32. The summed E-state index contributed by atoms with van der Waals surface area (Å²) in [6.45, 7) is 1.08. The van der Waals surface area contributed by atoms with E-state index in [1.165, 1.54) is 0 Å². The van der Waals surface area contributed by atoms with E-state index < -0.39 is 0 Å². The zero-order valence-electron chi connectivity index (χ0n) is 16.2. The second kappa shape index (κ2) is 8.72. The third-order valence-corrected chi connectivity index (χ3v) is 5.01. The largest absolute Gasteiger partial charge is 0.497 e. The van der Waals surface area contributed by atoms with E-state index in [-0.39, 0.29) is 12.1 Å². The highest BCUT2D eigenvalue weighted by atomic mass is 16.5. The van der Waals surface area contributed by atoms with Crippen LogP contribution in [0.5, 0.6) is 5.75 Å². The Morgan fingerprint density at radius 2 is 2.14 bits per heavy atom. The van der Waals surface area contributed by atoms with Crippen LogP contribution in [0.15, 0.2) is 53.3 Å². The van der Waals surface area contributed by atoms with Crippen molar-refractivity contribution in [2.45, 2.75) is 31.8 Å². The van der Waals surface area contributed by atoms with E-state index in [0.717, 1.165) is 36.1 Å². The zero-order chi connectivity index (χ0) is 20.1. The fraction of sp³-hybridized carbons (Fsp3) is 0.333. The highest BCUT2D eigenvalue weighted by molar-refractivity contribution is 5.74. The van der Waals surface area contributed by atoms with E-state index >= 15 is 0 Å². The van der Waals surface area contributed by atoms with Crippen molar-refractivity contribution in [3.63, 3.8) is 0 Å². The molecule has 2 aromatic heterocycles. The fourth-order valence-corrected chi connectivity index (χ4v) is 3.48. The number of benzene rings is 1. The molecule has 1 N–H and O–H groups in total. The minimum Gasteiger partial charge on any atom is -0.497 e. The predicted octanol–water partition coefficient (Wildman–Crippen LogP) is 3.58. The summed E-state index contributed by atoms with van der Waals surface area (Å²) >= 11 is 0. The molecule has 1 aromatic carbocycles. The molecular formula is C21H23N5O3. The number of amides is 2. The Bertz CT molecular complexity index is 960. The number of carbonyl (C=O) groups excluding carboxylic acids is 1. The molecule has 29 heavy (non-hydrogen) atoms. The first-order valence-electron chi connectivity index (χ1n) is 9.66. The van der Waals surface area contributed by atoms with Gasteiger partial charge < -0.3 is 19.5 Å². The second-order valence-electron chi connectivity index (χ2n) is 6.91. The van der Waals surface area contributed by atoms with Crippen LogP contribution in [-0.4, -0.2) is 39.7 Å². The molecule has 0 bridgehead atoms. The number of hydrogen-bond acceptors (Lipinski definition) is 6. The molecule has 1 aliphatic heterocycles. The number of nitrogens with one attached hydrogen (secondary N) is 1. The average Bonchev–Trinajstić information content (AvgIpc) is 3.28. The molecule has 4 rings (SSSR count). The van der Waals surface area contributed by atoms with Gasteiger partial charge in [0.1, 0.15) is 11.8 Å². The number of nitrogens with zero attached hydrogens (tertiary/aromatic N) is 4. The van der Waals surface area contributed by atoms with Crippen molar-refractivity contribution in [2.75, 3.05) is 13.7 Å². The van der Waals surface area contributed by atoms with Crippen LogP contribution in [0, 0.1) is 0 Å². The predicted molar refractivity (Wildman–Crippen MR) is 106 cm³/mol. The Labute approximate surface area is 168 Å². The number of methoxy groups -OCH3 is 1. The van der Waals surface area contributed by atoms with Gasteiger partial charge in [0.25, 0.3) is 0 Å². The molecular weight excluding hydrogens is 370 g/mol. The van der Waals surface area contributed by atoms with Crippen molar-refractivity contribution in [1.29, 1.82) is 0 Å². The maximum Gasteiger partial charge on any atom is 0.318 e. The Hall–Kier alpha value is -3.42. The normalized spacial score (nSPS) is 16.4. The molecule has 3 heterocycles. The fourth-order valence-electron chi connectivity index (χ4n) is 3.48. The topological polar surface area (TPSA) is 93.4 Å². The van der Waals surface area contributed by atoms with E-state index in [2.05, 4.69) is 20.4 Å². The van der Waals surface area contributed by atoms with Crippen LogP contribution >= 0.6 is 0 Å². The van der Waals surface area contributed by atoms with Crippen molar-refractivity contribution in [1.82, 2.24) is 25.3 Å². The molecule has 1 saturated heterocycles. The number of rotatable bonds is 5. The molecule has 1 unspecified atom stereocenters. The van der Waals surface area contributed by atoms with Crippen LogP contribution in [0.25, 0.3) is 11.4 Å². The Balaban J connectivity index is 1.46. The van der Waals surface area contributed by atoms with Crippen molar-refractivity contribution in [3.05, 3.63) is 60.2 Å². The molecule has 1 fully saturated rings. The van der Waals surface area contributed by atoms with Gasteiger partial charge in [-0.2, -0.15) is 4.98 Å². The summed E-state index contributed by atoms with van der Waals surface area (Å²) in [5, 5.41) is 7.07. The molecule has 0 saturated carbocycles. The van der Waals surface area contributed by atoms with Crippen LogP contribution in [0.2, 0.25) is 0 Å². The third-order valence-electron chi connectivity index (χ3n) is 5.01. The van der Waals surface area contributed by atoms with Gasteiger partial charge in [0.15, 0.2) is 0 Å². The van der Waals surface area contributed by atoms with Crippen molar-refractivity contribution >= 4 is 6.03 Å². The van der Waals surface area contributed by atoms with Crippen LogP contribution in [0.1, 0.15) is 36.8 Å². The molecule has 0 spiro atoms. The van der Waals surface area contributed by atoms with Gasteiger partial charge >= 0.3 is 6.03 Å². The summed E-state index contributed by atoms with van der Waals surface area (Å²) in [4.78, 5) is 23.2. The first-order chi connectivity index (χ1) is 14.2. The standard InChI is InChI=1S/C21H23N5O3/c1-28-17-6-4-5-15(13-17)14-23-21(27)26-12-3-2-7-18(26)20-24-19(25-29-20)16-8-10-22-11-9-16/h4-6,8-11,13,18H,2-3,7,12,14H2,1H3,(H,23,27). The van der Waals surface area contributed by atoms with Gasteiger partial charge in [-0.1, -0.05) is 17.3 Å². The van der Waals surface area contributed by atoms with Crippen LogP contribution in [0.4, 0.5) is 4.79 Å². The van der Waals surface area contributed by atoms with Gasteiger partial charge in [0, 0.05) is 31.0 Å². The molecule has 8 nitrogen and oxygen atoms in total. The maximum atomic E-state index is 12.9. The minimum absolute atomic E-state index is 0.138. The highest BCUT2D eigenvalue weighted by Crippen LogP contribution is 2.31. The Morgan fingerprint density at radius 3 is 2.97 bits per heavy atom. The summed E-state index contributed by atoms with van der Waals surface area (Å²) in [5.74, 6) is 1.74. The van der Waals surface area contributed by atoms with Crippen LogP contribution < -0.4 is 10.1 Å². The summed E-state index contributed by atoms with van der Waals surface area (Å²) < 4.78 is 10.7. The SMILES string of the molecule is COc1cccc(CNC(=O)N2CCCCC2c2nc(-c3ccncc3)no2)c1. The zero-order valence-corrected chi connectivity index (χ0v) is 16.2. The Kier molecular flexibility index (Phi) is 5.69. The molecule has 1 atom stereocenters. The van der Waals surface area contributed by atoms with Crippen molar-refractivity contribution < 1.29 is 14.1 Å². The van der Waals surface area contributed by atoms with Crippen LogP contribution in [0.3, 0.4) is 0 Å². The lowest BCUT2D eigenvalue weighted by atomic mass is 10.0. The molecule has 8 heteroatoms. The lowest BCUT2D eigenvalue weighted by Crippen LogP contribution is -2.44. The smallest absolute Gasteiger partial charge is 0.318 e. The first kappa shape index (κ1) is 18.9. The summed E-state index contributed by atoms with van der Waals surface area (Å²) in [6, 6.07) is 10.9. The number of carbonyl (C=O) groups is 1. The third kappa shape index (κ3) is 4.37. The first-order valence-corrected chi connectivity index (χ1v) is 9.66. The number of likely N-dealkylation sites (tertiary alicyclic amines) is 1.